The molecule has 2 aromatic rings. The molecule has 0 spiro atoms. The van der Waals surface area contributed by atoms with Crippen LogP contribution >= 0.6 is 35.3 Å². The third-order valence-electron chi connectivity index (χ3n) is 3.35. The molecule has 1 aromatic heterocycles. The monoisotopic (exact) mass is 343 g/mol. The van der Waals surface area contributed by atoms with Crippen LogP contribution < -0.4 is 10.5 Å². The Balaban J connectivity index is 0.00000161. The molecule has 1 unspecified atom stereocenters. The predicted octanol–water partition coefficient (Wildman–Crippen LogP) is 3.96. The van der Waals surface area contributed by atoms with E-state index in [-0.39, 0.29) is 24.3 Å². The van der Waals surface area contributed by atoms with Crippen LogP contribution in [-0.2, 0) is 6.42 Å². The number of nitrogens with two attached hydrogens (primary N) is 1. The van der Waals surface area contributed by atoms with E-state index in [0.29, 0.717) is 11.6 Å². The van der Waals surface area contributed by atoms with Crippen molar-refractivity contribution in [2.45, 2.75) is 19.4 Å². The number of ether oxygens (including phenoxy) is 1. The first-order valence-corrected chi connectivity index (χ1v) is 7.58. The molecule has 3 rings (SSSR count). The highest BCUT2D eigenvalue weighted by Gasteiger charge is 2.25. The van der Waals surface area contributed by atoms with Gasteiger partial charge in [0.15, 0.2) is 5.78 Å². The largest absolute Gasteiger partial charge is 0.487 e. The lowest BCUT2D eigenvalue weighted by molar-refractivity contribution is 0.102. The fraction of sp³-hybridized carbons (Fsp3) is 0.267. The predicted molar refractivity (Wildman–Crippen MR) is 89.2 cm³/mol. The van der Waals surface area contributed by atoms with Crippen LogP contribution in [0.15, 0.2) is 24.3 Å². The van der Waals surface area contributed by atoms with Crippen molar-refractivity contribution in [1.82, 2.24) is 0 Å². The highest BCUT2D eigenvalue weighted by Crippen LogP contribution is 2.40. The van der Waals surface area contributed by atoms with Gasteiger partial charge in [0.1, 0.15) is 11.9 Å². The molecule has 0 radical (unpaired) electrons. The lowest BCUT2D eigenvalue weighted by atomic mass is 10.1. The van der Waals surface area contributed by atoms with Crippen molar-refractivity contribution in [3.05, 3.63) is 39.7 Å². The van der Waals surface area contributed by atoms with Crippen molar-refractivity contribution in [3.63, 3.8) is 0 Å². The molecule has 2 N–H and O–H groups in total. The lowest BCUT2D eigenvalue weighted by Crippen LogP contribution is -2.24. The summed E-state index contributed by atoms with van der Waals surface area (Å²) in [6, 6.07) is 7.76. The fourth-order valence-electron chi connectivity index (χ4n) is 2.34. The van der Waals surface area contributed by atoms with E-state index in [0.717, 1.165) is 33.1 Å². The maximum Gasteiger partial charge on any atom is 0.169 e. The number of hydrogen-bond donors (Lipinski definition) is 1. The van der Waals surface area contributed by atoms with Crippen molar-refractivity contribution < 1.29 is 9.53 Å². The minimum absolute atomic E-state index is 0. The van der Waals surface area contributed by atoms with Gasteiger partial charge in [-0.2, -0.15) is 0 Å². The van der Waals surface area contributed by atoms with Gasteiger partial charge in [0.2, 0.25) is 0 Å². The van der Waals surface area contributed by atoms with E-state index in [2.05, 4.69) is 6.07 Å². The van der Waals surface area contributed by atoms with E-state index < -0.39 is 0 Å². The highest BCUT2D eigenvalue weighted by molar-refractivity contribution is 7.17. The van der Waals surface area contributed by atoms with Gasteiger partial charge in [-0.15, -0.1) is 23.7 Å². The van der Waals surface area contributed by atoms with E-state index in [9.17, 15) is 4.79 Å². The molecule has 1 aliphatic rings. The number of rotatable bonds is 3. The summed E-state index contributed by atoms with van der Waals surface area (Å²) in [5.74, 6) is 0.828. The number of carbonyl (C=O) groups excluding carboxylic acids is 1. The summed E-state index contributed by atoms with van der Waals surface area (Å²) in [6.45, 7) is 2.05. The van der Waals surface area contributed by atoms with Gasteiger partial charge in [0.25, 0.3) is 0 Å². The SMILES string of the molecule is CC(=O)c1ccc(-c2cc(Cl)c3c(c2)CC(CN)O3)s1.Cl. The number of carbonyl (C=O) groups is 1. The molecule has 0 fully saturated rings. The third kappa shape index (κ3) is 3.09. The Morgan fingerprint density at radius 3 is 2.86 bits per heavy atom. The summed E-state index contributed by atoms with van der Waals surface area (Å²) in [5.41, 5.74) is 7.75. The Morgan fingerprint density at radius 1 is 1.48 bits per heavy atom. The Kier molecular flexibility index (Phi) is 4.94. The molecular weight excluding hydrogens is 329 g/mol. The quantitative estimate of drug-likeness (QED) is 0.858. The summed E-state index contributed by atoms with van der Waals surface area (Å²) < 4.78 is 5.71. The maximum atomic E-state index is 11.4. The number of thiophene rings is 1. The second-order valence-electron chi connectivity index (χ2n) is 4.85. The van der Waals surface area contributed by atoms with Crippen LogP contribution in [0.1, 0.15) is 22.2 Å². The van der Waals surface area contributed by atoms with Gasteiger partial charge in [-0.25, -0.2) is 0 Å². The van der Waals surface area contributed by atoms with Crippen LogP contribution in [0.3, 0.4) is 0 Å². The third-order valence-corrected chi connectivity index (χ3v) is 4.87. The van der Waals surface area contributed by atoms with Crippen molar-refractivity contribution in [1.29, 1.82) is 0 Å². The van der Waals surface area contributed by atoms with Gasteiger partial charge < -0.3 is 10.5 Å². The molecule has 2 heterocycles. The molecule has 0 amide bonds. The Bertz CT molecular complexity index is 684. The first-order valence-electron chi connectivity index (χ1n) is 6.38. The van der Waals surface area contributed by atoms with Crippen LogP contribution in [0.25, 0.3) is 10.4 Å². The number of halogens is 2. The standard InChI is InChI=1S/C15H14ClNO2S.ClH/c1-8(18)13-2-3-14(20-13)9-4-10-5-11(7-17)19-15(10)12(16)6-9;/h2-4,6,11H,5,7,17H2,1H3;1H. The van der Waals surface area contributed by atoms with Crippen LogP contribution in [0.5, 0.6) is 5.75 Å². The van der Waals surface area contributed by atoms with Gasteiger partial charge in [-0.05, 0) is 36.8 Å². The van der Waals surface area contributed by atoms with Crippen LogP contribution in [0, 0.1) is 0 Å². The van der Waals surface area contributed by atoms with E-state index in [1.54, 1.807) is 6.92 Å². The number of ketones is 1. The number of fused-ring (bicyclic) bond motifs is 1. The Morgan fingerprint density at radius 2 is 2.24 bits per heavy atom. The van der Waals surface area contributed by atoms with Crippen LogP contribution in [0.2, 0.25) is 5.02 Å². The molecule has 0 aliphatic carbocycles. The molecule has 3 nitrogen and oxygen atoms in total. The number of Topliss-reactive ketones (excluding diaryl/α,β-unsaturated/α-hetero) is 1. The van der Waals surface area contributed by atoms with Crippen LogP contribution in [-0.4, -0.2) is 18.4 Å². The van der Waals surface area contributed by atoms with E-state index >= 15 is 0 Å². The average Bonchev–Trinajstić information content (AvgIpc) is 3.05. The minimum atomic E-state index is 0. The first-order chi connectivity index (χ1) is 9.58. The van der Waals surface area contributed by atoms with E-state index in [4.69, 9.17) is 22.1 Å². The normalized spacial score (nSPS) is 16.0. The summed E-state index contributed by atoms with van der Waals surface area (Å²) in [4.78, 5) is 13.2. The molecule has 1 aliphatic heterocycles. The molecule has 6 heteroatoms. The van der Waals surface area contributed by atoms with E-state index in [1.165, 1.54) is 11.3 Å². The average molecular weight is 344 g/mol. The van der Waals surface area contributed by atoms with Crippen molar-refractivity contribution >= 4 is 41.1 Å². The van der Waals surface area contributed by atoms with Crippen molar-refractivity contribution in [2.75, 3.05) is 6.54 Å². The molecule has 1 aromatic carbocycles. The summed E-state index contributed by atoms with van der Waals surface area (Å²) in [7, 11) is 0. The zero-order chi connectivity index (χ0) is 14.3. The molecule has 0 saturated heterocycles. The van der Waals surface area contributed by atoms with Crippen molar-refractivity contribution in [3.8, 4) is 16.2 Å². The summed E-state index contributed by atoms with van der Waals surface area (Å²) in [6.07, 6.45) is 0.790. The molecule has 112 valence electrons. The maximum absolute atomic E-state index is 11.4. The molecule has 0 bridgehead atoms. The van der Waals surface area contributed by atoms with Gasteiger partial charge >= 0.3 is 0 Å². The number of benzene rings is 1. The van der Waals surface area contributed by atoms with Gasteiger partial charge in [0, 0.05) is 23.4 Å². The highest BCUT2D eigenvalue weighted by atomic mass is 35.5. The second kappa shape index (κ2) is 6.36. The summed E-state index contributed by atoms with van der Waals surface area (Å²) in [5, 5.41) is 0.603. The Labute approximate surface area is 138 Å². The Hall–Kier alpha value is -1.07. The smallest absolute Gasteiger partial charge is 0.169 e. The molecule has 0 saturated carbocycles. The minimum Gasteiger partial charge on any atom is -0.487 e. The summed E-state index contributed by atoms with van der Waals surface area (Å²) >= 11 is 7.77. The topological polar surface area (TPSA) is 52.3 Å². The molecule has 21 heavy (non-hydrogen) atoms. The lowest BCUT2D eigenvalue weighted by Gasteiger charge is -2.07. The van der Waals surface area contributed by atoms with Crippen molar-refractivity contribution in [2.24, 2.45) is 5.73 Å². The van der Waals surface area contributed by atoms with Crippen LogP contribution in [0.4, 0.5) is 0 Å². The zero-order valence-electron chi connectivity index (χ0n) is 11.4. The van der Waals surface area contributed by atoms with Gasteiger partial charge in [0.05, 0.1) is 9.90 Å². The first kappa shape index (κ1) is 16.3. The zero-order valence-corrected chi connectivity index (χ0v) is 13.8. The molecule has 1 atom stereocenters. The van der Waals surface area contributed by atoms with Gasteiger partial charge in [-0.1, -0.05) is 11.6 Å². The second-order valence-corrected chi connectivity index (χ2v) is 6.34. The fourth-order valence-corrected chi connectivity index (χ4v) is 3.52. The molecular formula is C15H15Cl2NO2S. The van der Waals surface area contributed by atoms with Gasteiger partial charge in [-0.3, -0.25) is 4.79 Å². The number of hydrogen-bond acceptors (Lipinski definition) is 4. The van der Waals surface area contributed by atoms with E-state index in [1.807, 2.05) is 18.2 Å².